The van der Waals surface area contributed by atoms with E-state index in [2.05, 4.69) is 5.32 Å². The van der Waals surface area contributed by atoms with Crippen molar-refractivity contribution >= 4 is 23.4 Å². The molecular weight excluding hydrogens is 257 g/mol. The molecule has 1 N–H and O–H groups in total. The molecule has 0 bridgehead atoms. The highest BCUT2D eigenvalue weighted by molar-refractivity contribution is 7.80. The van der Waals surface area contributed by atoms with Gasteiger partial charge in [-0.15, -0.1) is 0 Å². The molecule has 1 aromatic rings. The van der Waals surface area contributed by atoms with Crippen molar-refractivity contribution in [1.29, 1.82) is 0 Å². The minimum atomic E-state index is -0.700. The van der Waals surface area contributed by atoms with E-state index in [-0.39, 0.29) is 17.3 Å². The van der Waals surface area contributed by atoms with E-state index in [0.717, 1.165) is 0 Å². The summed E-state index contributed by atoms with van der Waals surface area (Å²) < 4.78 is 23.5. The zero-order valence-corrected chi connectivity index (χ0v) is 10.6. The third kappa shape index (κ3) is 2.76. The van der Waals surface area contributed by atoms with Gasteiger partial charge in [0.1, 0.15) is 24.6 Å². The van der Waals surface area contributed by atoms with Crippen LogP contribution in [-0.2, 0) is 9.47 Å². The molecule has 1 fully saturated rings. The first-order valence-corrected chi connectivity index (χ1v) is 5.78. The molecule has 0 spiro atoms. The molecule has 1 aliphatic heterocycles. The topological polar surface area (TPSA) is 47.6 Å². The zero-order valence-electron chi connectivity index (χ0n) is 9.73. The van der Waals surface area contributed by atoms with Gasteiger partial charge in [0.05, 0.1) is 5.56 Å². The number of hydrogen-bond donors (Lipinski definition) is 1. The third-order valence-corrected chi connectivity index (χ3v) is 2.76. The summed E-state index contributed by atoms with van der Waals surface area (Å²) in [6, 6.07) is 5.68. The van der Waals surface area contributed by atoms with Crippen molar-refractivity contribution in [3.63, 3.8) is 0 Å². The van der Waals surface area contributed by atoms with E-state index in [1.54, 1.807) is 13.0 Å². The van der Waals surface area contributed by atoms with E-state index in [4.69, 9.17) is 21.7 Å². The minimum absolute atomic E-state index is 0.0559. The Morgan fingerprint density at radius 3 is 2.94 bits per heavy atom. The van der Waals surface area contributed by atoms with Crippen LogP contribution in [0, 0.1) is 5.82 Å². The molecule has 6 heteroatoms. The highest BCUT2D eigenvalue weighted by Crippen LogP contribution is 2.14. The second kappa shape index (κ2) is 4.89. The van der Waals surface area contributed by atoms with Crippen LogP contribution < -0.4 is 5.32 Å². The Hall–Kier alpha value is -1.69. The molecule has 0 amide bonds. The fraction of sp³-hybridized carbons (Fsp3) is 0.333. The van der Waals surface area contributed by atoms with Gasteiger partial charge in [0.25, 0.3) is 5.17 Å². The number of nitrogens with one attached hydrogen (secondary N) is 1. The highest BCUT2D eigenvalue weighted by Gasteiger charge is 2.34. The monoisotopic (exact) mass is 269 g/mol. The highest BCUT2D eigenvalue weighted by atomic mass is 32.1. The van der Waals surface area contributed by atoms with Gasteiger partial charge >= 0.3 is 5.97 Å². The molecule has 0 aromatic heterocycles. The van der Waals surface area contributed by atoms with E-state index >= 15 is 0 Å². The normalized spacial score (nSPS) is 22.2. The van der Waals surface area contributed by atoms with Crippen LogP contribution in [0.1, 0.15) is 17.3 Å². The molecule has 18 heavy (non-hydrogen) atoms. The molecule has 1 unspecified atom stereocenters. The van der Waals surface area contributed by atoms with Crippen LogP contribution in [0.5, 0.6) is 0 Å². The molecule has 4 nitrogen and oxygen atoms in total. The van der Waals surface area contributed by atoms with Gasteiger partial charge in [0.15, 0.2) is 0 Å². The molecule has 96 valence electrons. The first kappa shape index (κ1) is 12.8. The smallest absolute Gasteiger partial charge is 0.341 e. The fourth-order valence-electron chi connectivity index (χ4n) is 1.55. The van der Waals surface area contributed by atoms with Gasteiger partial charge in [-0.05, 0) is 31.3 Å². The second-order valence-electron chi connectivity index (χ2n) is 4.32. The summed E-state index contributed by atoms with van der Waals surface area (Å²) in [5.74, 6) is -1.30. The molecule has 1 heterocycles. The van der Waals surface area contributed by atoms with Gasteiger partial charge in [-0.1, -0.05) is 12.1 Å². The van der Waals surface area contributed by atoms with Crippen LogP contribution >= 0.6 is 12.2 Å². The van der Waals surface area contributed by atoms with Crippen molar-refractivity contribution in [2.24, 2.45) is 0 Å². The van der Waals surface area contributed by atoms with E-state index in [1.807, 2.05) is 0 Å². The van der Waals surface area contributed by atoms with E-state index in [1.165, 1.54) is 18.2 Å². The number of thiocarbonyl (C=S) groups is 1. The van der Waals surface area contributed by atoms with E-state index in [0.29, 0.717) is 6.61 Å². The average molecular weight is 269 g/mol. The van der Waals surface area contributed by atoms with Crippen LogP contribution in [0.25, 0.3) is 0 Å². The Kier molecular flexibility index (Phi) is 3.47. The standard InChI is InChI=1S/C12H12FNO3S/c1-12(7-17-11(18)14-12)6-16-10(15)8-4-2-3-5-9(8)13/h2-5H,6-7H2,1H3,(H,14,18). The van der Waals surface area contributed by atoms with Crippen molar-refractivity contribution < 1.29 is 18.7 Å². The maximum atomic E-state index is 13.3. The van der Waals surface area contributed by atoms with Gasteiger partial charge in [0, 0.05) is 0 Å². The number of ether oxygens (including phenoxy) is 2. The maximum Gasteiger partial charge on any atom is 0.341 e. The summed E-state index contributed by atoms with van der Waals surface area (Å²) in [4.78, 5) is 11.7. The number of rotatable bonds is 3. The average Bonchev–Trinajstić information content (AvgIpc) is 2.68. The summed E-state index contributed by atoms with van der Waals surface area (Å²) in [6.07, 6.45) is 0. The maximum absolute atomic E-state index is 13.3. The summed E-state index contributed by atoms with van der Waals surface area (Å²) in [6.45, 7) is 2.18. The second-order valence-corrected chi connectivity index (χ2v) is 4.69. The van der Waals surface area contributed by atoms with Crippen molar-refractivity contribution in [1.82, 2.24) is 5.32 Å². The van der Waals surface area contributed by atoms with Gasteiger partial charge in [-0.25, -0.2) is 9.18 Å². The number of carbonyl (C=O) groups is 1. The molecule has 1 saturated heterocycles. The SMILES string of the molecule is CC1(COC(=O)c2ccccc2F)COC(=S)N1. The quantitative estimate of drug-likeness (QED) is 0.668. The van der Waals surface area contributed by atoms with Crippen LogP contribution in [-0.4, -0.2) is 29.9 Å². The molecule has 1 atom stereocenters. The summed E-state index contributed by atoms with van der Waals surface area (Å²) in [5.41, 5.74) is -0.638. The number of esters is 1. The summed E-state index contributed by atoms with van der Waals surface area (Å²) >= 11 is 4.83. The molecule has 2 rings (SSSR count). The van der Waals surface area contributed by atoms with E-state index in [9.17, 15) is 9.18 Å². The summed E-state index contributed by atoms with van der Waals surface area (Å²) in [7, 11) is 0. The Morgan fingerprint density at radius 2 is 2.33 bits per heavy atom. The van der Waals surface area contributed by atoms with Crippen LogP contribution in [0.3, 0.4) is 0 Å². The first-order chi connectivity index (χ1) is 8.50. The van der Waals surface area contributed by atoms with Gasteiger partial charge < -0.3 is 14.8 Å². The predicted molar refractivity (Wildman–Crippen MR) is 66.8 cm³/mol. The fourth-order valence-corrected chi connectivity index (χ4v) is 1.86. The molecular formula is C12H12FNO3S. The van der Waals surface area contributed by atoms with E-state index < -0.39 is 17.3 Å². The van der Waals surface area contributed by atoms with Crippen molar-refractivity contribution in [3.8, 4) is 0 Å². The molecule has 0 radical (unpaired) electrons. The lowest BCUT2D eigenvalue weighted by Gasteiger charge is -2.20. The lowest BCUT2D eigenvalue weighted by Crippen LogP contribution is -2.45. The van der Waals surface area contributed by atoms with Gasteiger partial charge in [-0.3, -0.25) is 0 Å². The lowest BCUT2D eigenvalue weighted by molar-refractivity contribution is 0.0385. The van der Waals surface area contributed by atoms with Crippen molar-refractivity contribution in [3.05, 3.63) is 35.6 Å². The van der Waals surface area contributed by atoms with Crippen LogP contribution in [0.4, 0.5) is 4.39 Å². The van der Waals surface area contributed by atoms with Gasteiger partial charge in [-0.2, -0.15) is 0 Å². The Labute approximate surface area is 109 Å². The Bertz CT molecular complexity index is 494. The molecule has 1 aromatic carbocycles. The largest absolute Gasteiger partial charge is 0.468 e. The van der Waals surface area contributed by atoms with Crippen LogP contribution in [0.2, 0.25) is 0 Å². The zero-order chi connectivity index (χ0) is 13.2. The lowest BCUT2D eigenvalue weighted by atomic mass is 10.1. The van der Waals surface area contributed by atoms with Gasteiger partial charge in [0.2, 0.25) is 0 Å². The van der Waals surface area contributed by atoms with Crippen LogP contribution in [0.15, 0.2) is 24.3 Å². The number of hydrogen-bond acceptors (Lipinski definition) is 4. The number of benzene rings is 1. The van der Waals surface area contributed by atoms with Crippen molar-refractivity contribution in [2.45, 2.75) is 12.5 Å². The number of carbonyl (C=O) groups excluding carboxylic acids is 1. The molecule has 0 aliphatic carbocycles. The Balaban J connectivity index is 1.97. The Morgan fingerprint density at radius 1 is 1.61 bits per heavy atom. The van der Waals surface area contributed by atoms with Crippen molar-refractivity contribution in [2.75, 3.05) is 13.2 Å². The summed E-state index contributed by atoms with van der Waals surface area (Å²) in [5, 5.41) is 3.17. The predicted octanol–water partition coefficient (Wildman–Crippen LogP) is 1.65. The minimum Gasteiger partial charge on any atom is -0.468 e. The molecule has 0 saturated carbocycles. The number of halogens is 1. The first-order valence-electron chi connectivity index (χ1n) is 5.37. The molecule has 1 aliphatic rings. The third-order valence-electron chi connectivity index (χ3n) is 2.54.